The highest BCUT2D eigenvalue weighted by atomic mass is 31.2. The van der Waals surface area contributed by atoms with E-state index in [0.717, 1.165) is 0 Å². The summed E-state index contributed by atoms with van der Waals surface area (Å²) in [6.45, 7) is -0.255. The maximum absolute atomic E-state index is 10.5. The molecule has 16 heavy (non-hydrogen) atoms. The molecule has 3 N–H and O–H groups in total. The molecule has 2 rings (SSSR count). The zero-order chi connectivity index (χ0) is 11.6. The van der Waals surface area contributed by atoms with Gasteiger partial charge in [-0.05, 0) is 0 Å². The van der Waals surface area contributed by atoms with Crippen molar-refractivity contribution in [1.29, 1.82) is 0 Å². The minimum absolute atomic E-state index is 0.255. The zero-order valence-electron chi connectivity index (χ0n) is 7.90. The van der Waals surface area contributed by atoms with Gasteiger partial charge in [0.2, 0.25) is 0 Å². The molecular formula is C7H8N3O5P. The molecule has 0 spiro atoms. The van der Waals surface area contributed by atoms with Crippen molar-refractivity contribution in [2.24, 2.45) is 0 Å². The lowest BCUT2D eigenvalue weighted by Crippen LogP contribution is -1.91. The molecule has 2 aromatic heterocycles. The Morgan fingerprint density at radius 1 is 1.56 bits per heavy atom. The van der Waals surface area contributed by atoms with Crippen LogP contribution in [0.25, 0.3) is 11.5 Å². The van der Waals surface area contributed by atoms with E-state index in [9.17, 15) is 4.57 Å². The lowest BCUT2D eigenvalue weighted by Gasteiger charge is -2.02. The van der Waals surface area contributed by atoms with Gasteiger partial charge >= 0.3 is 7.82 Å². The molecule has 0 bridgehead atoms. The fraction of sp³-hybridized carbons (Fsp3) is 0.143. The molecule has 0 saturated heterocycles. The first-order chi connectivity index (χ1) is 7.54. The predicted molar refractivity (Wildman–Crippen MR) is 50.9 cm³/mol. The third-order valence-electron chi connectivity index (χ3n) is 1.70. The molecule has 0 amide bonds. The average Bonchev–Trinajstić information content (AvgIpc) is 2.84. The van der Waals surface area contributed by atoms with Gasteiger partial charge in [-0.15, -0.1) is 0 Å². The molecule has 2 aromatic rings. The van der Waals surface area contributed by atoms with Gasteiger partial charge in [0.05, 0.1) is 11.9 Å². The average molecular weight is 245 g/mol. The summed E-state index contributed by atoms with van der Waals surface area (Å²) in [6.07, 6.45) is 2.79. The lowest BCUT2D eigenvalue weighted by molar-refractivity contribution is 0.187. The highest BCUT2D eigenvalue weighted by molar-refractivity contribution is 7.46. The van der Waals surface area contributed by atoms with E-state index in [1.54, 1.807) is 6.07 Å². The first-order valence-corrected chi connectivity index (χ1v) is 5.72. The van der Waals surface area contributed by atoms with Crippen LogP contribution in [0.5, 0.6) is 0 Å². The van der Waals surface area contributed by atoms with Crippen LogP contribution in [0.1, 0.15) is 5.69 Å². The van der Waals surface area contributed by atoms with Crippen LogP contribution in [-0.4, -0.2) is 24.9 Å². The van der Waals surface area contributed by atoms with Crippen LogP contribution in [0.4, 0.5) is 0 Å². The summed E-state index contributed by atoms with van der Waals surface area (Å²) in [4.78, 5) is 23.7. The molecule has 0 atom stereocenters. The smallest absolute Gasteiger partial charge is 0.364 e. The number of aromatic nitrogens is 3. The van der Waals surface area contributed by atoms with Gasteiger partial charge < -0.3 is 19.3 Å². The van der Waals surface area contributed by atoms with E-state index in [1.165, 1.54) is 12.5 Å². The molecule has 0 radical (unpaired) electrons. The summed E-state index contributed by atoms with van der Waals surface area (Å²) >= 11 is 0. The normalized spacial score (nSPS) is 11.9. The Morgan fingerprint density at radius 3 is 3.00 bits per heavy atom. The Balaban J connectivity index is 2.06. The van der Waals surface area contributed by atoms with E-state index in [-0.39, 0.29) is 6.61 Å². The summed E-state index contributed by atoms with van der Waals surface area (Å²) < 4.78 is 19.4. The third kappa shape index (κ3) is 2.77. The molecule has 0 aliphatic heterocycles. The minimum atomic E-state index is -4.46. The van der Waals surface area contributed by atoms with Gasteiger partial charge in [-0.25, -0.2) is 9.55 Å². The first kappa shape index (κ1) is 11.0. The van der Waals surface area contributed by atoms with E-state index in [1.807, 2.05) is 0 Å². The molecule has 8 nitrogen and oxygen atoms in total. The molecule has 0 fully saturated rings. The second-order valence-electron chi connectivity index (χ2n) is 2.91. The van der Waals surface area contributed by atoms with Crippen LogP contribution in [0.2, 0.25) is 0 Å². The van der Waals surface area contributed by atoms with Gasteiger partial charge in [0.15, 0.2) is 5.82 Å². The van der Waals surface area contributed by atoms with Gasteiger partial charge in [-0.3, -0.25) is 4.52 Å². The van der Waals surface area contributed by atoms with E-state index in [4.69, 9.17) is 9.79 Å². The Kier molecular flexibility index (Phi) is 2.88. The second-order valence-corrected chi connectivity index (χ2v) is 4.15. The van der Waals surface area contributed by atoms with Gasteiger partial charge in [0, 0.05) is 6.07 Å². The number of nitrogens with zero attached hydrogens (tertiary/aromatic N) is 2. The molecule has 9 heteroatoms. The molecule has 0 saturated carbocycles. The van der Waals surface area contributed by atoms with Crippen molar-refractivity contribution in [2.75, 3.05) is 0 Å². The van der Waals surface area contributed by atoms with Gasteiger partial charge in [-0.2, -0.15) is 0 Å². The van der Waals surface area contributed by atoms with Crippen LogP contribution >= 0.6 is 7.82 Å². The van der Waals surface area contributed by atoms with Gasteiger partial charge in [-0.1, -0.05) is 5.16 Å². The third-order valence-corrected chi connectivity index (χ3v) is 2.16. The number of phosphoric acid groups is 1. The minimum Gasteiger partial charge on any atom is -0.364 e. The maximum atomic E-state index is 10.5. The van der Waals surface area contributed by atoms with E-state index >= 15 is 0 Å². The van der Waals surface area contributed by atoms with Gasteiger partial charge in [0.25, 0.3) is 0 Å². The van der Waals surface area contributed by atoms with E-state index in [2.05, 4.69) is 24.2 Å². The van der Waals surface area contributed by atoms with Crippen molar-refractivity contribution >= 4 is 7.82 Å². The van der Waals surface area contributed by atoms with Crippen molar-refractivity contribution in [2.45, 2.75) is 6.61 Å². The van der Waals surface area contributed by atoms with Crippen LogP contribution in [0.15, 0.2) is 23.0 Å². The van der Waals surface area contributed by atoms with Crippen molar-refractivity contribution < 1.29 is 23.4 Å². The highest BCUT2D eigenvalue weighted by Gasteiger charge is 2.15. The Morgan fingerprint density at radius 2 is 2.38 bits per heavy atom. The van der Waals surface area contributed by atoms with Crippen LogP contribution in [0.3, 0.4) is 0 Å². The van der Waals surface area contributed by atoms with Crippen molar-refractivity contribution in [3.63, 3.8) is 0 Å². The Labute approximate surface area is 89.5 Å². The molecule has 0 aromatic carbocycles. The number of aromatic amines is 1. The van der Waals surface area contributed by atoms with Crippen molar-refractivity contribution in [1.82, 2.24) is 15.1 Å². The fourth-order valence-electron chi connectivity index (χ4n) is 1.05. The fourth-order valence-corrected chi connectivity index (χ4v) is 1.36. The predicted octanol–water partition coefficient (Wildman–Crippen LogP) is 0.674. The number of hydrogen-bond acceptors (Lipinski definition) is 5. The van der Waals surface area contributed by atoms with Crippen LogP contribution in [-0.2, 0) is 15.7 Å². The summed E-state index contributed by atoms with van der Waals surface area (Å²) in [7, 11) is -4.46. The Hall–Kier alpha value is -1.47. The molecule has 0 aliphatic rings. The highest BCUT2D eigenvalue weighted by Crippen LogP contribution is 2.36. The number of hydrogen-bond donors (Lipinski definition) is 3. The Bertz CT molecular complexity index is 502. The SMILES string of the molecule is O=P(O)(O)OCc1cnc(-c2ccon2)[nH]1. The lowest BCUT2D eigenvalue weighted by atomic mass is 10.4. The molecule has 2 heterocycles. The molecular weight excluding hydrogens is 237 g/mol. The number of imidazole rings is 1. The second kappa shape index (κ2) is 4.18. The van der Waals surface area contributed by atoms with Gasteiger partial charge in [0.1, 0.15) is 18.6 Å². The van der Waals surface area contributed by atoms with E-state index in [0.29, 0.717) is 17.2 Å². The van der Waals surface area contributed by atoms with E-state index < -0.39 is 7.82 Å². The number of rotatable bonds is 4. The summed E-state index contributed by atoms with van der Waals surface area (Å²) in [5.74, 6) is 0.443. The number of H-pyrrole nitrogens is 1. The monoisotopic (exact) mass is 245 g/mol. The summed E-state index contributed by atoms with van der Waals surface area (Å²) in [5.41, 5.74) is 0.934. The molecule has 0 unspecified atom stereocenters. The maximum Gasteiger partial charge on any atom is 0.469 e. The first-order valence-electron chi connectivity index (χ1n) is 4.19. The van der Waals surface area contributed by atoms with Crippen LogP contribution in [0, 0.1) is 0 Å². The quantitative estimate of drug-likeness (QED) is 0.676. The zero-order valence-corrected chi connectivity index (χ0v) is 8.79. The largest absolute Gasteiger partial charge is 0.469 e. The van der Waals surface area contributed by atoms with Crippen molar-refractivity contribution in [3.05, 3.63) is 24.2 Å². The number of phosphoric ester groups is 1. The topological polar surface area (TPSA) is 121 Å². The summed E-state index contributed by atoms with van der Waals surface area (Å²) in [5, 5.41) is 3.65. The molecule has 0 aliphatic carbocycles. The van der Waals surface area contributed by atoms with Crippen molar-refractivity contribution in [3.8, 4) is 11.5 Å². The summed E-state index contributed by atoms with van der Waals surface area (Å²) in [6, 6.07) is 1.60. The van der Waals surface area contributed by atoms with Crippen LogP contribution < -0.4 is 0 Å². The number of nitrogens with one attached hydrogen (secondary N) is 1. The molecule has 86 valence electrons. The standard InChI is InChI=1S/C7H8N3O5P/c11-16(12,13)15-4-5-3-8-7(9-5)6-1-2-14-10-6/h1-3H,4H2,(H,8,9)(H2,11,12,13).